The Balaban J connectivity index is 2.18. The maximum atomic E-state index is 11.7. The number of hydrogen-bond acceptors (Lipinski definition) is 4. The largest absolute Gasteiger partial charge is 0.497 e. The molecular weight excluding hydrogens is 232 g/mol. The number of amides is 1. The maximum Gasteiger partial charge on any atom is 0.410 e. The van der Waals surface area contributed by atoms with Gasteiger partial charge in [0.05, 0.1) is 12.6 Å². The molecule has 5 nitrogen and oxygen atoms in total. The normalized spacial score (nSPS) is 23.1. The maximum absolute atomic E-state index is 11.7. The average Bonchev–Trinajstić information content (AvgIpc) is 2.68. The molecule has 5 heteroatoms. The summed E-state index contributed by atoms with van der Waals surface area (Å²) in [5, 5.41) is 0. The van der Waals surface area contributed by atoms with E-state index in [1.54, 1.807) is 12.0 Å². The predicted molar refractivity (Wildman–Crippen MR) is 67.3 cm³/mol. The number of carbonyl (C=O) groups is 1. The first-order valence-electron chi connectivity index (χ1n) is 5.86. The van der Waals surface area contributed by atoms with Gasteiger partial charge in [-0.05, 0) is 24.6 Å². The Labute approximate surface area is 106 Å². The van der Waals surface area contributed by atoms with Crippen LogP contribution in [0.3, 0.4) is 0 Å². The van der Waals surface area contributed by atoms with Crippen molar-refractivity contribution in [3.05, 3.63) is 29.8 Å². The van der Waals surface area contributed by atoms with Crippen molar-refractivity contribution in [2.24, 2.45) is 5.73 Å². The molecule has 1 fully saturated rings. The van der Waals surface area contributed by atoms with Crippen LogP contribution in [0.15, 0.2) is 24.3 Å². The van der Waals surface area contributed by atoms with Crippen LogP contribution in [-0.2, 0) is 11.3 Å². The van der Waals surface area contributed by atoms with Crippen molar-refractivity contribution in [1.29, 1.82) is 0 Å². The molecule has 1 saturated heterocycles. The van der Waals surface area contributed by atoms with Gasteiger partial charge >= 0.3 is 6.09 Å². The summed E-state index contributed by atoms with van der Waals surface area (Å²) in [7, 11) is 1.62. The second-order valence-corrected chi connectivity index (χ2v) is 4.69. The molecule has 0 radical (unpaired) electrons. The van der Waals surface area contributed by atoms with Gasteiger partial charge in [-0.25, -0.2) is 4.79 Å². The Kier molecular flexibility index (Phi) is 3.43. The number of methoxy groups -OCH3 is 1. The average molecular weight is 250 g/mol. The number of rotatable bonds is 4. The van der Waals surface area contributed by atoms with E-state index in [-0.39, 0.29) is 6.09 Å². The van der Waals surface area contributed by atoms with Crippen LogP contribution in [0.4, 0.5) is 4.79 Å². The van der Waals surface area contributed by atoms with Crippen LogP contribution in [0, 0.1) is 0 Å². The highest BCUT2D eigenvalue weighted by atomic mass is 16.6. The van der Waals surface area contributed by atoms with E-state index in [1.165, 1.54) is 0 Å². The molecule has 1 aromatic rings. The van der Waals surface area contributed by atoms with Crippen molar-refractivity contribution >= 4 is 6.09 Å². The summed E-state index contributed by atoms with van der Waals surface area (Å²) >= 11 is 0. The van der Waals surface area contributed by atoms with Gasteiger partial charge in [0.2, 0.25) is 0 Å². The van der Waals surface area contributed by atoms with Gasteiger partial charge < -0.3 is 15.2 Å². The number of cyclic esters (lactones) is 1. The summed E-state index contributed by atoms with van der Waals surface area (Å²) in [4.78, 5) is 13.4. The lowest BCUT2D eigenvalue weighted by molar-refractivity contribution is 0.151. The van der Waals surface area contributed by atoms with E-state index >= 15 is 0 Å². The predicted octanol–water partition coefficient (Wildman–Crippen LogP) is 1.36. The minimum atomic E-state index is -0.430. The topological polar surface area (TPSA) is 64.8 Å². The molecule has 1 aliphatic heterocycles. The summed E-state index contributed by atoms with van der Waals surface area (Å²) in [6.45, 7) is 3.12. The molecule has 0 spiro atoms. The lowest BCUT2D eigenvalue weighted by Gasteiger charge is -2.30. The van der Waals surface area contributed by atoms with Crippen LogP contribution in [0.5, 0.6) is 5.75 Å². The summed E-state index contributed by atoms with van der Waals surface area (Å²) < 4.78 is 10.2. The zero-order valence-corrected chi connectivity index (χ0v) is 10.7. The molecule has 1 amide bonds. The minimum Gasteiger partial charge on any atom is -0.497 e. The molecule has 18 heavy (non-hydrogen) atoms. The third-order valence-electron chi connectivity index (χ3n) is 3.29. The Hall–Kier alpha value is -1.75. The van der Waals surface area contributed by atoms with E-state index in [9.17, 15) is 4.79 Å². The van der Waals surface area contributed by atoms with Gasteiger partial charge in [-0.2, -0.15) is 0 Å². The van der Waals surface area contributed by atoms with E-state index < -0.39 is 5.54 Å². The van der Waals surface area contributed by atoms with Crippen LogP contribution in [0.2, 0.25) is 0 Å². The molecule has 0 saturated carbocycles. The van der Waals surface area contributed by atoms with Crippen molar-refractivity contribution in [2.45, 2.75) is 19.0 Å². The van der Waals surface area contributed by atoms with Gasteiger partial charge in [0, 0.05) is 13.1 Å². The molecular formula is C13H18N2O3. The van der Waals surface area contributed by atoms with Crippen molar-refractivity contribution in [2.75, 3.05) is 20.3 Å². The molecule has 1 atom stereocenters. The van der Waals surface area contributed by atoms with E-state index in [1.807, 2.05) is 31.2 Å². The van der Waals surface area contributed by atoms with Crippen molar-refractivity contribution in [1.82, 2.24) is 4.90 Å². The van der Waals surface area contributed by atoms with E-state index in [4.69, 9.17) is 15.2 Å². The monoisotopic (exact) mass is 250 g/mol. The zero-order chi connectivity index (χ0) is 13.2. The third kappa shape index (κ3) is 2.26. The second kappa shape index (κ2) is 4.86. The number of hydrogen-bond donors (Lipinski definition) is 1. The highest BCUT2D eigenvalue weighted by Crippen LogP contribution is 2.26. The zero-order valence-electron chi connectivity index (χ0n) is 10.7. The van der Waals surface area contributed by atoms with E-state index in [0.717, 1.165) is 11.3 Å². The minimum absolute atomic E-state index is 0.314. The summed E-state index contributed by atoms with van der Waals surface area (Å²) in [6.07, 6.45) is -0.314. The Morgan fingerprint density at radius 2 is 2.33 bits per heavy atom. The first-order valence-corrected chi connectivity index (χ1v) is 5.86. The van der Waals surface area contributed by atoms with Crippen LogP contribution in [0.25, 0.3) is 0 Å². The summed E-state index contributed by atoms with van der Waals surface area (Å²) in [5.74, 6) is 0.773. The number of nitrogens with two attached hydrogens (primary N) is 1. The molecule has 0 bridgehead atoms. The van der Waals surface area contributed by atoms with Gasteiger partial charge in [0.25, 0.3) is 0 Å². The fourth-order valence-corrected chi connectivity index (χ4v) is 1.97. The number of benzene rings is 1. The highest BCUT2D eigenvalue weighted by molar-refractivity contribution is 5.71. The second-order valence-electron chi connectivity index (χ2n) is 4.69. The molecule has 2 rings (SSSR count). The highest BCUT2D eigenvalue weighted by Gasteiger charge is 2.42. The molecule has 1 aliphatic rings. The van der Waals surface area contributed by atoms with Crippen molar-refractivity contribution in [3.8, 4) is 5.75 Å². The first kappa shape index (κ1) is 12.7. The Morgan fingerprint density at radius 1 is 1.56 bits per heavy atom. The molecule has 98 valence electrons. The molecule has 1 aromatic carbocycles. The Morgan fingerprint density at radius 3 is 3.00 bits per heavy atom. The Bertz CT molecular complexity index is 450. The van der Waals surface area contributed by atoms with Crippen LogP contribution >= 0.6 is 0 Å². The molecule has 1 heterocycles. The van der Waals surface area contributed by atoms with Gasteiger partial charge in [-0.3, -0.25) is 4.90 Å². The van der Waals surface area contributed by atoms with E-state index in [0.29, 0.717) is 19.7 Å². The summed E-state index contributed by atoms with van der Waals surface area (Å²) in [6, 6.07) is 7.62. The fraction of sp³-hybridized carbons (Fsp3) is 0.462. The summed E-state index contributed by atoms with van der Waals surface area (Å²) in [5.41, 5.74) is 6.29. The van der Waals surface area contributed by atoms with Crippen LogP contribution in [-0.4, -0.2) is 36.8 Å². The van der Waals surface area contributed by atoms with Gasteiger partial charge in [0.15, 0.2) is 0 Å². The lowest BCUT2D eigenvalue weighted by Crippen LogP contribution is -2.49. The van der Waals surface area contributed by atoms with Crippen LogP contribution < -0.4 is 10.5 Å². The number of ether oxygens (including phenoxy) is 2. The van der Waals surface area contributed by atoms with Gasteiger partial charge in [0.1, 0.15) is 12.4 Å². The van der Waals surface area contributed by atoms with Crippen molar-refractivity contribution in [3.63, 3.8) is 0 Å². The first-order chi connectivity index (χ1) is 8.59. The molecule has 1 unspecified atom stereocenters. The lowest BCUT2D eigenvalue weighted by atomic mass is 10.0. The molecule has 0 aromatic heterocycles. The van der Waals surface area contributed by atoms with Crippen LogP contribution in [0.1, 0.15) is 12.5 Å². The SMILES string of the molecule is COc1cccc(CN2C(=O)OCC2(C)CN)c1. The molecule has 0 aliphatic carbocycles. The number of carbonyl (C=O) groups excluding carboxylic acids is 1. The standard InChI is InChI=1S/C13H18N2O3/c1-13(8-14)9-18-12(16)15(13)7-10-4-3-5-11(6-10)17-2/h3-6H,7-9,14H2,1-2H3. The van der Waals surface area contributed by atoms with Gasteiger partial charge in [-0.1, -0.05) is 12.1 Å². The quantitative estimate of drug-likeness (QED) is 0.876. The van der Waals surface area contributed by atoms with Gasteiger partial charge in [-0.15, -0.1) is 0 Å². The smallest absolute Gasteiger partial charge is 0.410 e. The third-order valence-corrected chi connectivity index (χ3v) is 3.29. The van der Waals surface area contributed by atoms with E-state index in [2.05, 4.69) is 0 Å². The molecule has 2 N–H and O–H groups in total. The fourth-order valence-electron chi connectivity index (χ4n) is 1.97. The number of nitrogens with zero attached hydrogens (tertiary/aromatic N) is 1. The van der Waals surface area contributed by atoms with Crippen molar-refractivity contribution < 1.29 is 14.3 Å².